The minimum atomic E-state index is -3.25. The van der Waals surface area contributed by atoms with Crippen LogP contribution in [0.25, 0.3) is 0 Å². The number of carbonyl (C=O) groups excluding carboxylic acids is 1. The predicted octanol–water partition coefficient (Wildman–Crippen LogP) is 1.29. The van der Waals surface area contributed by atoms with Gasteiger partial charge >= 0.3 is 6.16 Å². The average Bonchev–Trinajstić information content (AvgIpc) is 1.31. The molecule has 0 aliphatic heterocycles. The first-order chi connectivity index (χ1) is 2.94. The van der Waals surface area contributed by atoms with Crippen molar-refractivity contribution in [1.82, 2.24) is 0 Å². The average molecular weight is 114 g/mol. The molecule has 0 saturated heterocycles. The van der Waals surface area contributed by atoms with Crippen molar-refractivity contribution >= 4 is 6.16 Å². The summed E-state index contributed by atoms with van der Waals surface area (Å²) in [5.74, 6) is 0. The van der Waals surface area contributed by atoms with Gasteiger partial charge in [0, 0.05) is 0 Å². The van der Waals surface area contributed by atoms with Crippen LogP contribution in [-0.2, 0) is 0 Å². The summed E-state index contributed by atoms with van der Waals surface area (Å²) in [7, 11) is 0.141. The highest BCUT2D eigenvalue weighted by atomic mass is 19.4. The van der Waals surface area contributed by atoms with Crippen LogP contribution >= 0.6 is 0 Å². The second kappa shape index (κ2) is 1.49. The SMILES string of the molecule is C[N+](F)(F)C(=O)F. The van der Waals surface area contributed by atoms with Gasteiger partial charge in [-0.05, 0) is 0 Å². The Bertz CT molecular complexity index is 85.4. The van der Waals surface area contributed by atoms with Crippen LogP contribution in [0.3, 0.4) is 0 Å². The van der Waals surface area contributed by atoms with Crippen molar-refractivity contribution in [3.63, 3.8) is 0 Å². The van der Waals surface area contributed by atoms with Gasteiger partial charge in [-0.2, -0.15) is 4.79 Å². The monoisotopic (exact) mass is 114 g/mol. The molecule has 0 aromatic heterocycles. The van der Waals surface area contributed by atoms with Crippen molar-refractivity contribution in [2.75, 3.05) is 7.05 Å². The minimum absolute atomic E-state index is 0.141. The summed E-state index contributed by atoms with van der Waals surface area (Å²) in [6, 6.07) is 0. The molecule has 0 bridgehead atoms. The summed E-state index contributed by atoms with van der Waals surface area (Å²) >= 11 is 0. The smallest absolute Gasteiger partial charge is 0.187 e. The maximum absolute atomic E-state index is 11.1. The number of amides is 1. The minimum Gasteiger partial charge on any atom is -0.187 e. The summed E-state index contributed by atoms with van der Waals surface area (Å²) < 4.78 is 32.9. The summed E-state index contributed by atoms with van der Waals surface area (Å²) in [6.45, 7) is 0. The zero-order chi connectivity index (χ0) is 6.08. The van der Waals surface area contributed by atoms with Crippen molar-refractivity contribution in [1.29, 1.82) is 0 Å². The lowest BCUT2D eigenvalue weighted by Gasteiger charge is -1.93. The third-order valence-electron chi connectivity index (χ3n) is 0.309. The number of hydrogen-bond donors (Lipinski definition) is 0. The van der Waals surface area contributed by atoms with Crippen LogP contribution in [0, 0.1) is 0 Å². The molecule has 0 spiro atoms. The molecular weight excluding hydrogens is 111 g/mol. The van der Waals surface area contributed by atoms with E-state index in [-0.39, 0.29) is 7.05 Å². The second-order valence-electron chi connectivity index (χ2n) is 1.05. The standard InChI is InChI=1S/C2H3F3NO/c1-6(4,5)2(3)7/h1H3/q+1. The molecule has 0 rings (SSSR count). The molecule has 7 heavy (non-hydrogen) atoms. The fourth-order valence-corrected chi connectivity index (χ4v) is 0. The molecular formula is C2H3F3NO+. The molecule has 0 radical (unpaired) electrons. The number of nitrogens with zero attached hydrogens (tertiary/aromatic N) is 1. The van der Waals surface area contributed by atoms with Gasteiger partial charge in [0.05, 0.1) is 8.96 Å². The molecule has 0 N–H and O–H groups in total. The van der Waals surface area contributed by atoms with Crippen molar-refractivity contribution in [3.05, 3.63) is 0 Å². The van der Waals surface area contributed by atoms with Gasteiger partial charge in [0.25, 0.3) is 0 Å². The Labute approximate surface area is 37.6 Å². The van der Waals surface area contributed by atoms with Gasteiger partial charge in [-0.3, -0.25) is 0 Å². The summed E-state index contributed by atoms with van der Waals surface area (Å²) in [5, 5.41) is 0. The van der Waals surface area contributed by atoms with Crippen LogP contribution in [0.1, 0.15) is 0 Å². The number of halogens is 3. The molecule has 0 fully saturated rings. The summed E-state index contributed by atoms with van der Waals surface area (Å²) in [4.78, 5) is 5.77. The Morgan fingerprint density at radius 3 is 1.71 bits per heavy atom. The molecule has 0 heterocycles. The van der Waals surface area contributed by atoms with E-state index in [0.29, 0.717) is 0 Å². The summed E-state index contributed by atoms with van der Waals surface area (Å²) in [5.41, 5.74) is 0. The Morgan fingerprint density at radius 1 is 1.57 bits per heavy atom. The van der Waals surface area contributed by atoms with Crippen LogP contribution in [-0.4, -0.2) is 18.1 Å². The van der Waals surface area contributed by atoms with E-state index in [1.54, 1.807) is 0 Å². The largest absolute Gasteiger partial charge is 0.586 e. The van der Waals surface area contributed by atoms with Crippen LogP contribution in [0.5, 0.6) is 0 Å². The lowest BCUT2D eigenvalue weighted by atomic mass is 11.1. The highest BCUT2D eigenvalue weighted by Crippen LogP contribution is 2.05. The van der Waals surface area contributed by atoms with Gasteiger partial charge in [-0.25, -0.2) is 0 Å². The molecule has 2 nitrogen and oxygen atoms in total. The highest BCUT2D eigenvalue weighted by Gasteiger charge is 2.35. The molecule has 5 heteroatoms. The van der Waals surface area contributed by atoms with Crippen molar-refractivity contribution in [2.45, 2.75) is 0 Å². The van der Waals surface area contributed by atoms with E-state index >= 15 is 0 Å². The third-order valence-corrected chi connectivity index (χ3v) is 0.309. The lowest BCUT2D eigenvalue weighted by molar-refractivity contribution is -1.09. The van der Waals surface area contributed by atoms with Crippen LogP contribution < -0.4 is 0 Å². The van der Waals surface area contributed by atoms with Crippen molar-refractivity contribution in [3.8, 4) is 0 Å². The first-order valence-corrected chi connectivity index (χ1v) is 1.40. The molecule has 0 aromatic carbocycles. The van der Waals surface area contributed by atoms with Gasteiger partial charge in [-0.1, -0.05) is 0 Å². The first kappa shape index (κ1) is 6.42. The first-order valence-electron chi connectivity index (χ1n) is 1.40. The lowest BCUT2D eigenvalue weighted by Crippen LogP contribution is -2.27. The van der Waals surface area contributed by atoms with Crippen molar-refractivity contribution in [2.24, 2.45) is 0 Å². The molecule has 0 aliphatic rings. The Morgan fingerprint density at radius 2 is 1.71 bits per heavy atom. The van der Waals surface area contributed by atoms with Gasteiger partial charge in [0.2, 0.25) is 0 Å². The van der Waals surface area contributed by atoms with E-state index in [2.05, 4.69) is 0 Å². The zero-order valence-corrected chi connectivity index (χ0v) is 3.49. The molecule has 0 atom stereocenters. The van der Waals surface area contributed by atoms with E-state index in [9.17, 15) is 13.4 Å². The normalized spacial score (nSPS) is 11.4. The second-order valence-corrected chi connectivity index (χ2v) is 1.05. The number of rotatable bonds is 0. The molecule has 0 unspecified atom stereocenters. The topological polar surface area (TPSA) is 17.1 Å². The van der Waals surface area contributed by atoms with Gasteiger partial charge in [0.15, 0.2) is 7.05 Å². The fourth-order valence-electron chi connectivity index (χ4n) is 0. The van der Waals surface area contributed by atoms with Gasteiger partial charge < -0.3 is 0 Å². The third kappa shape index (κ3) is 2.16. The molecule has 0 aliphatic carbocycles. The van der Waals surface area contributed by atoms with E-state index in [4.69, 9.17) is 4.79 Å². The van der Waals surface area contributed by atoms with E-state index in [0.717, 1.165) is 0 Å². The quantitative estimate of drug-likeness (QED) is 0.263. The van der Waals surface area contributed by atoms with Crippen molar-refractivity contribution < 1.29 is 23.1 Å². The molecule has 1 amide bonds. The number of quaternary nitrogens is 1. The van der Waals surface area contributed by atoms with Crippen LogP contribution in [0.4, 0.5) is 18.1 Å². The molecule has 0 aromatic rings. The van der Waals surface area contributed by atoms with Gasteiger partial charge in [-0.15, -0.1) is 4.39 Å². The Hall–Kier alpha value is -0.580. The van der Waals surface area contributed by atoms with Crippen LogP contribution in [0.2, 0.25) is 0 Å². The predicted molar refractivity (Wildman–Crippen MR) is 14.9 cm³/mol. The Kier molecular flexibility index (Phi) is 1.37. The van der Waals surface area contributed by atoms with E-state index in [1.165, 1.54) is 0 Å². The fraction of sp³-hybridized carbons (Fsp3) is 0.500. The number of hydrogen-bond acceptors (Lipinski definition) is 1. The maximum Gasteiger partial charge on any atom is 0.586 e. The molecule has 0 saturated carbocycles. The Balaban J connectivity index is 3.79. The van der Waals surface area contributed by atoms with E-state index < -0.39 is 11.1 Å². The summed E-state index contributed by atoms with van der Waals surface area (Å²) in [6.07, 6.45) is -2.65. The maximum atomic E-state index is 11.1. The highest BCUT2D eigenvalue weighted by molar-refractivity contribution is 5.55. The number of carbonyl (C=O) groups is 1. The van der Waals surface area contributed by atoms with E-state index in [1.807, 2.05) is 0 Å². The zero-order valence-electron chi connectivity index (χ0n) is 3.49. The van der Waals surface area contributed by atoms with Gasteiger partial charge in [0.1, 0.15) is 4.93 Å². The van der Waals surface area contributed by atoms with Crippen LogP contribution in [0.15, 0.2) is 0 Å². The molecule has 42 valence electrons.